The van der Waals surface area contributed by atoms with Gasteiger partial charge in [-0.25, -0.2) is 0 Å². The lowest BCUT2D eigenvalue weighted by molar-refractivity contribution is -0.148. The number of esters is 3. The second-order valence-electron chi connectivity index (χ2n) is 8.41. The van der Waals surface area contributed by atoms with Crippen LogP contribution in [0.5, 0.6) is 0 Å². The Morgan fingerprint density at radius 2 is 1.05 bits per heavy atom. The summed E-state index contributed by atoms with van der Waals surface area (Å²) in [5.41, 5.74) is 0. The zero-order valence-corrected chi connectivity index (χ0v) is 24.2. The fraction of sp³-hybridized carbons (Fsp3) is 0.808. The number of carbonyl (C=O) groups excluding carboxylic acids is 5. The molecule has 13 nitrogen and oxygen atoms in total. The molecule has 0 saturated heterocycles. The number of hydrogen-bond donors (Lipinski definition) is 0. The van der Waals surface area contributed by atoms with Crippen LogP contribution in [0, 0.1) is 0 Å². The molecule has 1 atom stereocenters. The Morgan fingerprint density at radius 3 is 1.44 bits per heavy atom. The fourth-order valence-corrected chi connectivity index (χ4v) is 3.56. The minimum Gasteiger partial charge on any atom is -0.465 e. The van der Waals surface area contributed by atoms with Gasteiger partial charge in [-0.05, 0) is 34.6 Å². The summed E-state index contributed by atoms with van der Waals surface area (Å²) in [7, 11) is 0. The number of carbonyl (C=O) groups is 5. The van der Waals surface area contributed by atoms with E-state index in [-0.39, 0.29) is 84.6 Å². The molecule has 0 aliphatic heterocycles. The molecule has 0 saturated carbocycles. The molecule has 226 valence electrons. The number of aldehydes is 1. The summed E-state index contributed by atoms with van der Waals surface area (Å²) < 4.78 is 25.8. The molecule has 0 heterocycles. The minimum absolute atomic E-state index is 0.0261. The largest absolute Gasteiger partial charge is 0.465 e. The molecule has 0 aromatic heterocycles. The quantitative estimate of drug-likeness (QED) is 0.0825. The highest BCUT2D eigenvalue weighted by Crippen LogP contribution is 2.04. The monoisotopic (exact) mass is 561 g/mol. The van der Waals surface area contributed by atoms with Crippen molar-refractivity contribution in [3.63, 3.8) is 0 Å². The molecule has 0 spiro atoms. The molecular weight excluding hydrogens is 514 g/mol. The van der Waals surface area contributed by atoms with E-state index in [0.29, 0.717) is 19.8 Å². The van der Waals surface area contributed by atoms with Crippen molar-refractivity contribution in [1.82, 2.24) is 14.7 Å². The third-order valence-corrected chi connectivity index (χ3v) is 5.37. The average molecular weight is 562 g/mol. The van der Waals surface area contributed by atoms with Gasteiger partial charge in [0.15, 0.2) is 5.78 Å². The first-order chi connectivity index (χ1) is 18.7. The van der Waals surface area contributed by atoms with E-state index in [9.17, 15) is 24.0 Å². The summed E-state index contributed by atoms with van der Waals surface area (Å²) in [4.78, 5) is 65.8. The Labute approximate surface area is 232 Å². The van der Waals surface area contributed by atoms with Gasteiger partial charge in [0.25, 0.3) is 0 Å². The van der Waals surface area contributed by atoms with Gasteiger partial charge in [0.1, 0.15) is 12.9 Å². The summed E-state index contributed by atoms with van der Waals surface area (Å²) >= 11 is 0. The van der Waals surface area contributed by atoms with E-state index in [2.05, 4.69) is 0 Å². The maximum absolute atomic E-state index is 12.4. The first-order valence-electron chi connectivity index (χ1n) is 13.5. The van der Waals surface area contributed by atoms with Gasteiger partial charge >= 0.3 is 17.9 Å². The lowest BCUT2D eigenvalue weighted by Crippen LogP contribution is -2.49. The standard InChI is InChI=1S/C26H47N3O10/c1-6-35-20-22(19-30)29(14-12-28(17-25(33)38-9-4)18-26(34)39-10-5)13-11-27(16-24(32)37-8-3)15-23(31)21-36-7-2/h19,22H,6-18,20-21H2,1-5H3. The van der Waals surface area contributed by atoms with Crippen LogP contribution in [0.2, 0.25) is 0 Å². The lowest BCUT2D eigenvalue weighted by atomic mass is 10.2. The number of rotatable bonds is 25. The van der Waals surface area contributed by atoms with Crippen LogP contribution < -0.4 is 0 Å². The van der Waals surface area contributed by atoms with Crippen LogP contribution in [-0.2, 0) is 47.7 Å². The van der Waals surface area contributed by atoms with Gasteiger partial charge in [-0.15, -0.1) is 0 Å². The van der Waals surface area contributed by atoms with Crippen molar-refractivity contribution < 1.29 is 47.7 Å². The number of Topliss-reactive ketones (excluding diaryl/α,β-unsaturated/α-hetero) is 1. The normalized spacial score (nSPS) is 12.0. The summed E-state index contributed by atoms with van der Waals surface area (Å²) in [6, 6.07) is -0.624. The summed E-state index contributed by atoms with van der Waals surface area (Å²) in [5, 5.41) is 0. The van der Waals surface area contributed by atoms with Crippen molar-refractivity contribution >= 4 is 30.0 Å². The van der Waals surface area contributed by atoms with E-state index in [4.69, 9.17) is 23.7 Å². The molecule has 0 radical (unpaired) electrons. The molecule has 0 N–H and O–H groups in total. The summed E-state index contributed by atoms with van der Waals surface area (Å²) in [6.45, 7) is 10.9. The van der Waals surface area contributed by atoms with Crippen molar-refractivity contribution in [3.05, 3.63) is 0 Å². The van der Waals surface area contributed by atoms with Gasteiger partial charge in [0.2, 0.25) is 0 Å². The third-order valence-electron chi connectivity index (χ3n) is 5.37. The van der Waals surface area contributed by atoms with E-state index in [1.54, 1.807) is 37.5 Å². The van der Waals surface area contributed by atoms with E-state index >= 15 is 0 Å². The van der Waals surface area contributed by atoms with Crippen molar-refractivity contribution in [3.8, 4) is 0 Å². The summed E-state index contributed by atoms with van der Waals surface area (Å²) in [5.74, 6) is -1.63. The smallest absolute Gasteiger partial charge is 0.320 e. The highest BCUT2D eigenvalue weighted by atomic mass is 16.5. The highest BCUT2D eigenvalue weighted by Gasteiger charge is 2.24. The van der Waals surface area contributed by atoms with Crippen LogP contribution in [0.3, 0.4) is 0 Å². The van der Waals surface area contributed by atoms with E-state index in [1.807, 2.05) is 11.8 Å². The molecular formula is C26H47N3O10. The molecule has 0 fully saturated rings. The van der Waals surface area contributed by atoms with E-state index < -0.39 is 23.9 Å². The van der Waals surface area contributed by atoms with E-state index in [0.717, 1.165) is 6.29 Å². The molecule has 0 aromatic carbocycles. The Bertz CT molecular complexity index is 702. The SMILES string of the molecule is CCOCC(=O)CN(CCN(CCN(CC(=O)OCC)CC(=O)OCC)C(C=O)COCC)CC(=O)OCC. The van der Waals surface area contributed by atoms with Gasteiger partial charge in [0, 0.05) is 39.4 Å². The maximum atomic E-state index is 12.4. The predicted molar refractivity (Wildman–Crippen MR) is 142 cm³/mol. The highest BCUT2D eigenvalue weighted by molar-refractivity contribution is 5.82. The van der Waals surface area contributed by atoms with Crippen LogP contribution in [0.1, 0.15) is 34.6 Å². The van der Waals surface area contributed by atoms with Crippen LogP contribution in [-0.4, -0.2) is 149 Å². The van der Waals surface area contributed by atoms with E-state index in [1.165, 1.54) is 0 Å². The Hall–Kier alpha value is -2.45. The summed E-state index contributed by atoms with van der Waals surface area (Å²) in [6.07, 6.45) is 0.770. The van der Waals surface area contributed by atoms with Crippen LogP contribution in [0.4, 0.5) is 0 Å². The molecule has 0 bridgehead atoms. The molecule has 13 heteroatoms. The van der Waals surface area contributed by atoms with Crippen LogP contribution in [0.25, 0.3) is 0 Å². The number of ketones is 1. The zero-order valence-electron chi connectivity index (χ0n) is 24.2. The van der Waals surface area contributed by atoms with Crippen LogP contribution in [0.15, 0.2) is 0 Å². The Balaban J connectivity index is 5.62. The second-order valence-corrected chi connectivity index (χ2v) is 8.41. The van der Waals surface area contributed by atoms with Crippen molar-refractivity contribution in [2.24, 2.45) is 0 Å². The fourth-order valence-electron chi connectivity index (χ4n) is 3.56. The number of nitrogens with zero attached hydrogens (tertiary/aromatic N) is 3. The lowest BCUT2D eigenvalue weighted by Gasteiger charge is -2.32. The zero-order chi connectivity index (χ0) is 29.5. The van der Waals surface area contributed by atoms with Crippen LogP contribution >= 0.6 is 0 Å². The van der Waals surface area contributed by atoms with Gasteiger partial charge in [0.05, 0.1) is 58.6 Å². The maximum Gasteiger partial charge on any atom is 0.320 e. The molecule has 0 rings (SSSR count). The number of hydrogen-bond acceptors (Lipinski definition) is 13. The molecule has 0 aromatic rings. The predicted octanol–water partition coefficient (Wildman–Crippen LogP) is -0.209. The third kappa shape index (κ3) is 18.5. The van der Waals surface area contributed by atoms with Crippen molar-refractivity contribution in [2.45, 2.75) is 40.7 Å². The van der Waals surface area contributed by atoms with Gasteiger partial charge < -0.3 is 28.5 Å². The molecule has 39 heavy (non-hydrogen) atoms. The molecule has 0 aliphatic rings. The topological polar surface area (TPSA) is 141 Å². The Morgan fingerprint density at radius 1 is 0.615 bits per heavy atom. The number of ether oxygens (including phenoxy) is 5. The molecule has 0 amide bonds. The molecule has 1 unspecified atom stereocenters. The Kier molecular flexibility index (Phi) is 22.0. The first-order valence-corrected chi connectivity index (χ1v) is 13.5. The van der Waals surface area contributed by atoms with Gasteiger partial charge in [-0.2, -0.15) is 0 Å². The average Bonchev–Trinajstić information content (AvgIpc) is 2.88. The second kappa shape index (κ2) is 23.4. The van der Waals surface area contributed by atoms with Crippen molar-refractivity contribution in [1.29, 1.82) is 0 Å². The molecule has 0 aliphatic carbocycles. The minimum atomic E-state index is -0.624. The van der Waals surface area contributed by atoms with Gasteiger partial charge in [-0.1, -0.05) is 0 Å². The van der Waals surface area contributed by atoms with Crippen molar-refractivity contribution in [2.75, 3.05) is 98.6 Å². The van der Waals surface area contributed by atoms with Gasteiger partial charge in [-0.3, -0.25) is 33.9 Å². The first kappa shape index (κ1) is 36.5.